The number of carbonyl (C=O) groups is 1. The molecule has 1 saturated carbocycles. The van der Waals surface area contributed by atoms with E-state index in [9.17, 15) is 4.79 Å². The molecule has 2 aliphatic rings. The summed E-state index contributed by atoms with van der Waals surface area (Å²) in [5, 5.41) is 3.18. The summed E-state index contributed by atoms with van der Waals surface area (Å²) < 4.78 is 7.06. The van der Waals surface area contributed by atoms with E-state index in [2.05, 4.69) is 65.3 Å². The molecule has 0 unspecified atom stereocenters. The fraction of sp³-hybridized carbons (Fsp3) is 0.235. The SMILES string of the molecule is C[C@H]1CCCC[C@H]1N1C(=O)/C(=C/c2ccc(OCc3cccc4ccccc34)c(Br)c2)SC1=Nc1ccccc1. The summed E-state index contributed by atoms with van der Waals surface area (Å²) >= 11 is 5.17. The molecular weight excluding hydrogens is 580 g/mol. The van der Waals surface area contributed by atoms with E-state index in [-0.39, 0.29) is 11.9 Å². The van der Waals surface area contributed by atoms with Gasteiger partial charge in [-0.15, -0.1) is 0 Å². The first kappa shape index (κ1) is 26.9. The Balaban J connectivity index is 1.24. The minimum absolute atomic E-state index is 0.0471. The lowest BCUT2D eigenvalue weighted by Gasteiger charge is -2.35. The smallest absolute Gasteiger partial charge is 0.267 e. The number of thioether (sulfide) groups is 1. The Hall–Kier alpha value is -3.35. The molecule has 40 heavy (non-hydrogen) atoms. The lowest BCUT2D eigenvalue weighted by atomic mass is 9.85. The molecule has 0 radical (unpaired) electrons. The highest BCUT2D eigenvalue weighted by Crippen LogP contribution is 2.40. The highest BCUT2D eigenvalue weighted by molar-refractivity contribution is 9.10. The van der Waals surface area contributed by atoms with E-state index in [1.54, 1.807) is 0 Å². The van der Waals surface area contributed by atoms with Crippen molar-refractivity contribution >= 4 is 61.3 Å². The first-order valence-corrected chi connectivity index (χ1v) is 15.4. The number of rotatable bonds is 6. The number of carbonyl (C=O) groups excluding carboxylic acids is 1. The van der Waals surface area contributed by atoms with Crippen molar-refractivity contribution in [2.75, 3.05) is 0 Å². The molecule has 6 heteroatoms. The topological polar surface area (TPSA) is 41.9 Å². The number of hydrogen-bond acceptors (Lipinski definition) is 4. The van der Waals surface area contributed by atoms with Gasteiger partial charge in [0.2, 0.25) is 0 Å². The van der Waals surface area contributed by atoms with Crippen LogP contribution in [-0.4, -0.2) is 22.0 Å². The van der Waals surface area contributed by atoms with Gasteiger partial charge in [-0.3, -0.25) is 9.69 Å². The highest BCUT2D eigenvalue weighted by atomic mass is 79.9. The van der Waals surface area contributed by atoms with Crippen LogP contribution in [0.3, 0.4) is 0 Å². The Morgan fingerprint density at radius 3 is 2.58 bits per heavy atom. The number of amidine groups is 1. The highest BCUT2D eigenvalue weighted by Gasteiger charge is 2.41. The quantitative estimate of drug-likeness (QED) is 0.204. The van der Waals surface area contributed by atoms with Crippen molar-refractivity contribution in [2.45, 2.75) is 45.3 Å². The van der Waals surface area contributed by atoms with Gasteiger partial charge in [0.1, 0.15) is 12.4 Å². The second-order valence-electron chi connectivity index (χ2n) is 10.5. The molecule has 1 saturated heterocycles. The molecule has 1 heterocycles. The number of fused-ring (bicyclic) bond motifs is 1. The van der Waals surface area contributed by atoms with Crippen LogP contribution in [0.4, 0.5) is 5.69 Å². The molecule has 2 fully saturated rings. The zero-order valence-corrected chi connectivity index (χ0v) is 24.8. The predicted molar refractivity (Wildman–Crippen MR) is 170 cm³/mol. The Kier molecular flexibility index (Phi) is 8.08. The molecule has 1 amide bonds. The normalized spacial score (nSPS) is 21.4. The molecule has 4 aromatic carbocycles. The van der Waals surface area contributed by atoms with Crippen molar-refractivity contribution in [3.8, 4) is 5.75 Å². The van der Waals surface area contributed by atoms with Crippen LogP contribution in [-0.2, 0) is 11.4 Å². The van der Waals surface area contributed by atoms with Crippen LogP contribution in [0.2, 0.25) is 0 Å². The molecule has 0 spiro atoms. The van der Waals surface area contributed by atoms with Crippen LogP contribution in [0.15, 0.2) is 105 Å². The summed E-state index contributed by atoms with van der Waals surface area (Å²) in [4.78, 5) is 21.4. The zero-order chi connectivity index (χ0) is 27.5. The maximum Gasteiger partial charge on any atom is 0.267 e. The molecule has 0 aromatic heterocycles. The zero-order valence-electron chi connectivity index (χ0n) is 22.4. The maximum atomic E-state index is 13.8. The summed E-state index contributed by atoms with van der Waals surface area (Å²) in [6, 6.07) is 30.7. The number of nitrogens with zero attached hydrogens (tertiary/aromatic N) is 2. The Morgan fingerprint density at radius 2 is 1.75 bits per heavy atom. The van der Waals surface area contributed by atoms with Gasteiger partial charge in [0, 0.05) is 6.04 Å². The van der Waals surface area contributed by atoms with Crippen molar-refractivity contribution in [2.24, 2.45) is 10.9 Å². The summed E-state index contributed by atoms with van der Waals surface area (Å²) in [5.41, 5.74) is 2.95. The van der Waals surface area contributed by atoms with Crippen LogP contribution >= 0.6 is 27.7 Å². The number of halogens is 1. The van der Waals surface area contributed by atoms with Crippen molar-refractivity contribution in [3.63, 3.8) is 0 Å². The van der Waals surface area contributed by atoms with Crippen LogP contribution in [0.5, 0.6) is 5.75 Å². The average Bonchev–Trinajstić information content (AvgIpc) is 3.27. The summed E-state index contributed by atoms with van der Waals surface area (Å²) in [7, 11) is 0. The van der Waals surface area contributed by atoms with E-state index in [0.29, 0.717) is 17.4 Å². The molecule has 4 nitrogen and oxygen atoms in total. The second-order valence-corrected chi connectivity index (χ2v) is 12.3. The van der Waals surface area contributed by atoms with E-state index >= 15 is 0 Å². The third-order valence-electron chi connectivity index (χ3n) is 7.73. The van der Waals surface area contributed by atoms with Crippen LogP contribution in [0, 0.1) is 5.92 Å². The number of benzene rings is 4. The van der Waals surface area contributed by atoms with E-state index < -0.39 is 0 Å². The maximum absolute atomic E-state index is 13.8. The molecule has 0 N–H and O–H groups in total. The van der Waals surface area contributed by atoms with Crippen molar-refractivity contribution in [1.29, 1.82) is 0 Å². The Bertz CT molecular complexity index is 1600. The van der Waals surface area contributed by atoms with E-state index in [4.69, 9.17) is 9.73 Å². The van der Waals surface area contributed by atoms with Gasteiger partial charge in [0.15, 0.2) is 5.17 Å². The van der Waals surface area contributed by atoms with Gasteiger partial charge in [-0.25, -0.2) is 4.99 Å². The molecule has 4 aromatic rings. The van der Waals surface area contributed by atoms with Gasteiger partial charge in [-0.05, 0) is 98.7 Å². The molecule has 1 aliphatic heterocycles. The number of hydrogen-bond donors (Lipinski definition) is 0. The fourth-order valence-electron chi connectivity index (χ4n) is 5.60. The molecule has 0 bridgehead atoms. The lowest BCUT2D eigenvalue weighted by Crippen LogP contribution is -2.44. The van der Waals surface area contributed by atoms with E-state index in [1.807, 2.05) is 59.5 Å². The third-order valence-corrected chi connectivity index (χ3v) is 9.34. The van der Waals surface area contributed by atoms with Crippen LogP contribution < -0.4 is 4.74 Å². The monoisotopic (exact) mass is 610 g/mol. The Morgan fingerprint density at radius 1 is 0.975 bits per heavy atom. The van der Waals surface area contributed by atoms with Crippen molar-refractivity contribution in [3.05, 3.63) is 112 Å². The van der Waals surface area contributed by atoms with Gasteiger partial charge >= 0.3 is 0 Å². The number of para-hydroxylation sites is 1. The Labute approximate surface area is 248 Å². The first-order valence-electron chi connectivity index (χ1n) is 13.8. The van der Waals surface area contributed by atoms with E-state index in [1.165, 1.54) is 29.0 Å². The molecule has 1 aliphatic carbocycles. The van der Waals surface area contributed by atoms with Gasteiger partial charge in [0.25, 0.3) is 5.91 Å². The average molecular weight is 612 g/mol. The van der Waals surface area contributed by atoms with Crippen molar-refractivity contribution in [1.82, 2.24) is 4.90 Å². The molecular formula is C34H31BrN2O2S. The molecule has 6 rings (SSSR count). The standard InChI is InChI=1S/C34H31BrN2O2S/c1-23-10-5-8-17-30(23)37-33(38)32(40-34(37)36-27-14-3-2-4-15-27)21-24-18-19-31(29(35)20-24)39-22-26-13-9-12-25-11-6-7-16-28(25)26/h2-4,6-7,9,11-16,18-21,23,30H,5,8,10,17,22H2,1H3/b32-21-,36-34?/t23-,30+/m0/s1. The molecule has 2 atom stereocenters. The summed E-state index contributed by atoms with van der Waals surface area (Å²) in [6.45, 7) is 2.74. The van der Waals surface area contributed by atoms with Gasteiger partial charge < -0.3 is 4.74 Å². The largest absolute Gasteiger partial charge is 0.488 e. The van der Waals surface area contributed by atoms with Gasteiger partial charge in [-0.1, -0.05) is 86.5 Å². The van der Waals surface area contributed by atoms with E-state index in [0.717, 1.165) is 51.5 Å². The second kappa shape index (κ2) is 12.0. The summed E-state index contributed by atoms with van der Waals surface area (Å²) in [6.07, 6.45) is 6.50. The van der Waals surface area contributed by atoms with Crippen LogP contribution in [0.25, 0.3) is 16.8 Å². The number of amides is 1. The van der Waals surface area contributed by atoms with Crippen LogP contribution in [0.1, 0.15) is 43.7 Å². The van der Waals surface area contributed by atoms with Crippen molar-refractivity contribution < 1.29 is 9.53 Å². The summed E-state index contributed by atoms with van der Waals surface area (Å²) in [5.74, 6) is 1.27. The minimum Gasteiger partial charge on any atom is -0.488 e. The number of aliphatic imine (C=N–C) groups is 1. The van der Waals surface area contributed by atoms with Gasteiger partial charge in [0.05, 0.1) is 15.1 Å². The van der Waals surface area contributed by atoms with Gasteiger partial charge in [-0.2, -0.15) is 0 Å². The lowest BCUT2D eigenvalue weighted by molar-refractivity contribution is -0.124. The number of ether oxygens (including phenoxy) is 1. The first-order chi connectivity index (χ1) is 19.6. The molecule has 202 valence electrons. The predicted octanol–water partition coefficient (Wildman–Crippen LogP) is 9.36. The fourth-order valence-corrected chi connectivity index (χ4v) is 7.16. The third kappa shape index (κ3) is 5.74. The minimum atomic E-state index is 0.0471.